The minimum absolute atomic E-state index is 0.137. The Morgan fingerprint density at radius 1 is 0.952 bits per heavy atom. The van der Waals surface area contributed by atoms with Crippen molar-refractivity contribution in [1.29, 1.82) is 0 Å². The molecular formula is C18H19ClN2. The molecule has 108 valence electrons. The molecule has 0 fully saturated rings. The summed E-state index contributed by atoms with van der Waals surface area (Å²) < 4.78 is 2.15. The molecule has 0 N–H and O–H groups in total. The lowest BCUT2D eigenvalue weighted by molar-refractivity contribution is 0.859. The van der Waals surface area contributed by atoms with E-state index in [2.05, 4.69) is 53.7 Å². The smallest absolute Gasteiger partial charge is 0.132 e. The van der Waals surface area contributed by atoms with Crippen LogP contribution in [-0.4, -0.2) is 9.55 Å². The van der Waals surface area contributed by atoms with Crippen LogP contribution in [0.15, 0.2) is 48.5 Å². The Labute approximate surface area is 130 Å². The van der Waals surface area contributed by atoms with E-state index in [0.29, 0.717) is 5.92 Å². The average molecular weight is 299 g/mol. The first-order chi connectivity index (χ1) is 10.1. The van der Waals surface area contributed by atoms with Gasteiger partial charge < -0.3 is 0 Å². The molecule has 0 spiro atoms. The lowest BCUT2D eigenvalue weighted by Crippen LogP contribution is -2.02. The molecule has 0 saturated heterocycles. The first-order valence-corrected chi connectivity index (χ1v) is 7.73. The zero-order chi connectivity index (χ0) is 15.0. The quantitative estimate of drug-likeness (QED) is 0.588. The van der Waals surface area contributed by atoms with Crippen molar-refractivity contribution in [2.24, 2.45) is 0 Å². The molecule has 1 heterocycles. The van der Waals surface area contributed by atoms with Crippen LogP contribution in [0.4, 0.5) is 0 Å². The van der Waals surface area contributed by atoms with E-state index >= 15 is 0 Å². The van der Waals surface area contributed by atoms with E-state index in [1.165, 1.54) is 5.56 Å². The monoisotopic (exact) mass is 298 g/mol. The van der Waals surface area contributed by atoms with Crippen molar-refractivity contribution in [3.8, 4) is 5.69 Å². The SMILES string of the molecule is CC(C)c1ccc(-n2c(C(C)Cl)nc3ccccc32)cc1. The molecule has 2 nitrogen and oxygen atoms in total. The van der Waals surface area contributed by atoms with E-state index in [9.17, 15) is 0 Å². The standard InChI is InChI=1S/C18H19ClN2/c1-12(2)14-8-10-15(11-9-14)21-17-7-5-4-6-16(17)20-18(21)13(3)19/h4-13H,1-3H3. The van der Waals surface area contributed by atoms with Crippen LogP contribution in [0.5, 0.6) is 0 Å². The van der Waals surface area contributed by atoms with Gasteiger partial charge in [-0.2, -0.15) is 0 Å². The molecule has 0 aliphatic heterocycles. The largest absolute Gasteiger partial charge is 0.295 e. The number of rotatable bonds is 3. The van der Waals surface area contributed by atoms with Gasteiger partial charge in [0.15, 0.2) is 0 Å². The van der Waals surface area contributed by atoms with Gasteiger partial charge in [-0.1, -0.05) is 38.1 Å². The van der Waals surface area contributed by atoms with Crippen molar-refractivity contribution in [3.63, 3.8) is 0 Å². The zero-order valence-electron chi connectivity index (χ0n) is 12.5. The van der Waals surface area contributed by atoms with Gasteiger partial charge in [-0.15, -0.1) is 11.6 Å². The van der Waals surface area contributed by atoms with Gasteiger partial charge >= 0.3 is 0 Å². The number of halogens is 1. The summed E-state index contributed by atoms with van der Waals surface area (Å²) in [5.74, 6) is 1.42. The van der Waals surface area contributed by atoms with Gasteiger partial charge in [0.1, 0.15) is 5.82 Å². The lowest BCUT2D eigenvalue weighted by Gasteiger charge is -2.12. The predicted molar refractivity (Wildman–Crippen MR) is 89.4 cm³/mol. The number of hydrogen-bond acceptors (Lipinski definition) is 1. The molecule has 21 heavy (non-hydrogen) atoms. The first-order valence-electron chi connectivity index (χ1n) is 7.29. The number of hydrogen-bond donors (Lipinski definition) is 0. The number of aromatic nitrogens is 2. The predicted octanol–water partition coefficient (Wildman–Crippen LogP) is 5.45. The Hall–Kier alpha value is -1.80. The molecule has 2 aromatic carbocycles. The van der Waals surface area contributed by atoms with Crippen molar-refractivity contribution in [3.05, 3.63) is 59.9 Å². The molecular weight excluding hydrogens is 280 g/mol. The summed E-state index contributed by atoms with van der Waals surface area (Å²) in [5, 5.41) is -0.137. The summed E-state index contributed by atoms with van der Waals surface area (Å²) >= 11 is 6.33. The van der Waals surface area contributed by atoms with E-state index in [0.717, 1.165) is 22.5 Å². The van der Waals surface area contributed by atoms with Crippen LogP contribution in [0.1, 0.15) is 43.5 Å². The van der Waals surface area contributed by atoms with Crippen LogP contribution < -0.4 is 0 Å². The van der Waals surface area contributed by atoms with Gasteiger partial charge in [-0.05, 0) is 42.7 Å². The highest BCUT2D eigenvalue weighted by Crippen LogP contribution is 2.28. The van der Waals surface area contributed by atoms with E-state index in [-0.39, 0.29) is 5.38 Å². The Balaban J connectivity index is 2.20. The third-order valence-corrected chi connectivity index (χ3v) is 3.96. The molecule has 0 aliphatic carbocycles. The Morgan fingerprint density at radius 2 is 1.62 bits per heavy atom. The maximum absolute atomic E-state index is 6.33. The molecule has 1 atom stereocenters. The van der Waals surface area contributed by atoms with Gasteiger partial charge in [0.05, 0.1) is 16.4 Å². The normalized spacial score (nSPS) is 13.0. The van der Waals surface area contributed by atoms with Gasteiger partial charge in [-0.3, -0.25) is 4.57 Å². The number of benzene rings is 2. The molecule has 1 aromatic heterocycles. The lowest BCUT2D eigenvalue weighted by atomic mass is 10.0. The molecule has 0 saturated carbocycles. The van der Waals surface area contributed by atoms with Gasteiger partial charge in [0.25, 0.3) is 0 Å². The summed E-state index contributed by atoms with van der Waals surface area (Å²) in [5.41, 5.74) is 4.52. The minimum atomic E-state index is -0.137. The van der Waals surface area contributed by atoms with E-state index in [1.54, 1.807) is 0 Å². The maximum Gasteiger partial charge on any atom is 0.132 e. The Bertz CT molecular complexity index is 754. The second kappa shape index (κ2) is 5.53. The van der Waals surface area contributed by atoms with Crippen LogP contribution in [-0.2, 0) is 0 Å². The van der Waals surface area contributed by atoms with Crippen molar-refractivity contribution in [2.45, 2.75) is 32.1 Å². The summed E-state index contributed by atoms with van der Waals surface area (Å²) in [4.78, 5) is 4.68. The van der Waals surface area contributed by atoms with E-state index in [4.69, 9.17) is 11.6 Å². The number of alkyl halides is 1. The fourth-order valence-corrected chi connectivity index (χ4v) is 2.74. The maximum atomic E-state index is 6.33. The summed E-state index contributed by atoms with van der Waals surface area (Å²) in [7, 11) is 0. The first kappa shape index (κ1) is 14.2. The highest BCUT2D eigenvalue weighted by atomic mass is 35.5. The third-order valence-electron chi connectivity index (χ3n) is 3.76. The number of fused-ring (bicyclic) bond motifs is 1. The van der Waals surface area contributed by atoms with Gasteiger partial charge in [0.2, 0.25) is 0 Å². The number of nitrogens with zero attached hydrogens (tertiary/aromatic N) is 2. The van der Waals surface area contributed by atoms with Crippen molar-refractivity contribution >= 4 is 22.6 Å². The molecule has 1 unspecified atom stereocenters. The molecule has 0 radical (unpaired) electrons. The van der Waals surface area contributed by atoms with E-state index in [1.807, 2.05) is 25.1 Å². The number of imidazole rings is 1. The topological polar surface area (TPSA) is 17.8 Å². The average Bonchev–Trinajstić information content (AvgIpc) is 2.87. The van der Waals surface area contributed by atoms with E-state index < -0.39 is 0 Å². The molecule has 3 heteroatoms. The van der Waals surface area contributed by atoms with Crippen molar-refractivity contribution < 1.29 is 0 Å². The van der Waals surface area contributed by atoms with Crippen molar-refractivity contribution in [1.82, 2.24) is 9.55 Å². The minimum Gasteiger partial charge on any atom is -0.295 e. The molecule has 0 amide bonds. The fourth-order valence-electron chi connectivity index (χ4n) is 2.59. The summed E-state index contributed by atoms with van der Waals surface area (Å²) in [6.45, 7) is 6.36. The summed E-state index contributed by atoms with van der Waals surface area (Å²) in [6.07, 6.45) is 0. The highest BCUT2D eigenvalue weighted by molar-refractivity contribution is 6.20. The van der Waals surface area contributed by atoms with Gasteiger partial charge in [-0.25, -0.2) is 4.98 Å². The van der Waals surface area contributed by atoms with Crippen LogP contribution in [0.25, 0.3) is 16.7 Å². The molecule has 3 aromatic rings. The molecule has 3 rings (SSSR count). The van der Waals surface area contributed by atoms with Crippen LogP contribution in [0, 0.1) is 0 Å². The molecule has 0 bridgehead atoms. The Kier molecular flexibility index (Phi) is 3.73. The van der Waals surface area contributed by atoms with Crippen LogP contribution in [0.2, 0.25) is 0 Å². The highest BCUT2D eigenvalue weighted by Gasteiger charge is 2.16. The second-order valence-corrected chi connectivity index (χ2v) is 6.31. The fraction of sp³-hybridized carbons (Fsp3) is 0.278. The zero-order valence-corrected chi connectivity index (χ0v) is 13.3. The van der Waals surface area contributed by atoms with Gasteiger partial charge in [0, 0.05) is 5.69 Å². The molecule has 0 aliphatic rings. The van der Waals surface area contributed by atoms with Crippen molar-refractivity contribution in [2.75, 3.05) is 0 Å². The van der Waals surface area contributed by atoms with Crippen LogP contribution in [0.3, 0.4) is 0 Å². The number of para-hydroxylation sites is 2. The second-order valence-electron chi connectivity index (χ2n) is 5.66. The van der Waals surface area contributed by atoms with Crippen LogP contribution >= 0.6 is 11.6 Å². The Morgan fingerprint density at radius 3 is 2.24 bits per heavy atom. The summed E-state index contributed by atoms with van der Waals surface area (Å²) in [6, 6.07) is 16.8. The third kappa shape index (κ3) is 2.56.